The third-order valence-corrected chi connectivity index (χ3v) is 10.1. The second-order valence-electron chi connectivity index (χ2n) is 11.2. The van der Waals surface area contributed by atoms with Gasteiger partial charge in [0.1, 0.15) is 30.4 Å². The number of cyclic esters (lactones) is 1. The van der Waals surface area contributed by atoms with Crippen molar-refractivity contribution in [3.05, 3.63) is 46.2 Å². The molecule has 0 amide bonds. The van der Waals surface area contributed by atoms with Gasteiger partial charge < -0.3 is 29.7 Å². The zero-order chi connectivity index (χ0) is 25.8. The van der Waals surface area contributed by atoms with Crippen LogP contribution in [0.15, 0.2) is 41.3 Å². The molecule has 7 nitrogen and oxygen atoms in total. The van der Waals surface area contributed by atoms with E-state index in [1.165, 1.54) is 12.0 Å². The Balaban J connectivity index is 1.56. The Bertz CT molecular complexity index is 1010. The van der Waals surface area contributed by atoms with Crippen molar-refractivity contribution in [1.29, 1.82) is 0 Å². The van der Waals surface area contributed by atoms with E-state index in [4.69, 9.17) is 14.2 Å². The molecule has 8 heteroatoms. The van der Waals surface area contributed by atoms with Crippen molar-refractivity contribution < 1.29 is 34.5 Å². The molecule has 36 heavy (non-hydrogen) atoms. The SMILES string of the molecule is CO[C@H]1C[C@H]2C=C[C@H]3[C@H]4O[C@]2(/C(C)=C/[C@@H](C)[C@@H]([C@@H](C)O)OC1=O)[C@@H]3[C@H](O)C(C)[C@@H]4[NH2+]Cc1cccs1. The first-order valence-electron chi connectivity index (χ1n) is 13.2. The Morgan fingerprint density at radius 1 is 1.33 bits per heavy atom. The van der Waals surface area contributed by atoms with Crippen LogP contribution in [0, 0.1) is 29.6 Å². The molecule has 1 saturated heterocycles. The van der Waals surface area contributed by atoms with Crippen molar-refractivity contribution in [1.82, 2.24) is 0 Å². The molecule has 5 rings (SSSR count). The number of ether oxygens (including phenoxy) is 3. The topological polar surface area (TPSA) is 102 Å². The third-order valence-electron chi connectivity index (χ3n) is 9.19. The van der Waals surface area contributed by atoms with Crippen LogP contribution in [0.5, 0.6) is 0 Å². The Morgan fingerprint density at radius 2 is 2.11 bits per heavy atom. The fourth-order valence-corrected chi connectivity index (χ4v) is 8.12. The summed E-state index contributed by atoms with van der Waals surface area (Å²) in [6.07, 6.45) is 3.96. The zero-order valence-corrected chi connectivity index (χ0v) is 22.6. The van der Waals surface area contributed by atoms with E-state index >= 15 is 0 Å². The maximum atomic E-state index is 13.1. The Morgan fingerprint density at radius 3 is 2.78 bits per heavy atom. The zero-order valence-electron chi connectivity index (χ0n) is 21.7. The number of rotatable bonds is 5. The van der Waals surface area contributed by atoms with E-state index in [0.717, 1.165) is 12.1 Å². The van der Waals surface area contributed by atoms with Gasteiger partial charge in [-0.15, -0.1) is 11.3 Å². The molecule has 0 aromatic carbocycles. The molecule has 0 radical (unpaired) electrons. The molecule has 3 heterocycles. The van der Waals surface area contributed by atoms with Gasteiger partial charge in [0.25, 0.3) is 0 Å². The first-order chi connectivity index (χ1) is 17.2. The number of quaternary nitrogens is 1. The quantitative estimate of drug-likeness (QED) is 0.407. The smallest absolute Gasteiger partial charge is 0.335 e. The summed E-state index contributed by atoms with van der Waals surface area (Å²) in [7, 11) is 1.52. The standard InChI is InChI=1S/C28H39NO6S/c1-14-11-15(2)28-18(12-21(33-5)27(32)34-25(14)17(4)30)8-9-20-22(28)24(31)16(3)23(26(20)35-28)29-13-19-7-6-10-36-19/h6-11,14,16-18,20-26,29-31H,12-13H2,1-5H3/p+1/b15-11+/t14-,16?,17-,18-,20-,21+,22+,23+,24-,25+,26-,28+/m1/s1. The van der Waals surface area contributed by atoms with E-state index < -0.39 is 36.0 Å². The number of nitrogens with two attached hydrogens (primary N) is 1. The van der Waals surface area contributed by atoms with Crippen molar-refractivity contribution in [3.63, 3.8) is 0 Å². The number of carbonyl (C=O) groups excluding carboxylic acids is 1. The lowest BCUT2D eigenvalue weighted by atomic mass is 9.57. The van der Waals surface area contributed by atoms with Crippen molar-refractivity contribution >= 4 is 17.3 Å². The van der Waals surface area contributed by atoms with Gasteiger partial charge in [-0.25, -0.2) is 4.79 Å². The summed E-state index contributed by atoms with van der Waals surface area (Å²) in [5.41, 5.74) is 0.292. The van der Waals surface area contributed by atoms with Crippen LogP contribution in [0.2, 0.25) is 0 Å². The van der Waals surface area contributed by atoms with Gasteiger partial charge in [-0.05, 0) is 37.3 Å². The molecule has 1 unspecified atom stereocenters. The van der Waals surface area contributed by atoms with E-state index in [1.807, 2.05) is 6.92 Å². The average molecular weight is 519 g/mol. The highest BCUT2D eigenvalue weighted by Gasteiger charge is 2.69. The lowest BCUT2D eigenvalue weighted by Crippen LogP contribution is -2.94. The van der Waals surface area contributed by atoms with Crippen LogP contribution in [0.1, 0.15) is 39.0 Å². The van der Waals surface area contributed by atoms with Gasteiger partial charge in [0.2, 0.25) is 0 Å². The molecular formula is C28H40NO6S+. The second kappa shape index (κ2) is 9.97. The Hall–Kier alpha value is -1.55. The van der Waals surface area contributed by atoms with Gasteiger partial charge in [-0.1, -0.05) is 38.1 Å². The molecule has 1 saturated carbocycles. The maximum Gasteiger partial charge on any atom is 0.335 e. The maximum absolute atomic E-state index is 13.1. The predicted octanol–water partition coefficient (Wildman–Crippen LogP) is 2.04. The van der Waals surface area contributed by atoms with Crippen LogP contribution in [0.3, 0.4) is 0 Å². The molecule has 2 aliphatic heterocycles. The molecular weight excluding hydrogens is 478 g/mol. The molecule has 4 N–H and O–H groups in total. The highest BCUT2D eigenvalue weighted by molar-refractivity contribution is 7.09. The van der Waals surface area contributed by atoms with E-state index in [2.05, 4.69) is 54.9 Å². The Kier molecular flexibility index (Phi) is 7.22. The van der Waals surface area contributed by atoms with Crippen LogP contribution in [-0.2, 0) is 25.5 Å². The number of carbonyl (C=O) groups is 1. The fourth-order valence-electron chi connectivity index (χ4n) is 7.44. The number of methoxy groups -OCH3 is 1. The summed E-state index contributed by atoms with van der Waals surface area (Å²) < 4.78 is 18.5. The monoisotopic (exact) mass is 518 g/mol. The molecule has 1 aromatic rings. The molecule has 1 spiro atoms. The fraction of sp³-hybridized carbons (Fsp3) is 0.679. The minimum Gasteiger partial charge on any atom is -0.457 e. The molecule has 2 fully saturated rings. The molecule has 4 bridgehead atoms. The van der Waals surface area contributed by atoms with E-state index in [0.29, 0.717) is 6.42 Å². The largest absolute Gasteiger partial charge is 0.457 e. The van der Waals surface area contributed by atoms with Gasteiger partial charge >= 0.3 is 5.97 Å². The molecule has 12 atom stereocenters. The first kappa shape index (κ1) is 26.1. The van der Waals surface area contributed by atoms with Crippen LogP contribution < -0.4 is 5.32 Å². The number of aliphatic hydroxyl groups is 2. The number of hydrogen-bond acceptors (Lipinski definition) is 7. The average Bonchev–Trinajstić information content (AvgIpc) is 3.42. The summed E-state index contributed by atoms with van der Waals surface area (Å²) in [6.45, 7) is 8.67. The molecule has 2 aliphatic carbocycles. The number of thiophene rings is 1. The Labute approximate surface area is 217 Å². The highest BCUT2D eigenvalue weighted by atomic mass is 32.1. The van der Waals surface area contributed by atoms with Crippen LogP contribution in [0.25, 0.3) is 0 Å². The van der Waals surface area contributed by atoms with Gasteiger partial charge in [0, 0.05) is 36.7 Å². The molecule has 198 valence electrons. The number of esters is 1. The van der Waals surface area contributed by atoms with Crippen LogP contribution in [-0.4, -0.2) is 65.5 Å². The van der Waals surface area contributed by atoms with Gasteiger partial charge in [-0.2, -0.15) is 0 Å². The molecule has 4 aliphatic rings. The summed E-state index contributed by atoms with van der Waals surface area (Å²) in [5, 5.41) is 26.6. The van der Waals surface area contributed by atoms with E-state index in [9.17, 15) is 15.0 Å². The van der Waals surface area contributed by atoms with Crippen molar-refractivity contribution in [2.45, 2.75) is 82.8 Å². The number of aliphatic hydroxyl groups excluding tert-OH is 2. The summed E-state index contributed by atoms with van der Waals surface area (Å²) in [6, 6.07) is 4.33. The van der Waals surface area contributed by atoms with Gasteiger partial charge in [-0.3, -0.25) is 0 Å². The minimum atomic E-state index is -0.831. The van der Waals surface area contributed by atoms with Crippen LogP contribution in [0.4, 0.5) is 0 Å². The van der Waals surface area contributed by atoms with Gasteiger partial charge in [0.05, 0.1) is 17.1 Å². The summed E-state index contributed by atoms with van der Waals surface area (Å²) in [5.74, 6) is -0.809. The van der Waals surface area contributed by atoms with Crippen molar-refractivity contribution in [2.24, 2.45) is 29.6 Å². The predicted molar refractivity (Wildman–Crippen MR) is 136 cm³/mol. The summed E-state index contributed by atoms with van der Waals surface area (Å²) >= 11 is 1.75. The number of hydrogen-bond donors (Lipinski definition) is 3. The third kappa shape index (κ3) is 4.10. The van der Waals surface area contributed by atoms with E-state index in [1.54, 1.807) is 18.3 Å². The normalized spacial score (nSPS) is 46.4. The van der Waals surface area contributed by atoms with Crippen molar-refractivity contribution in [2.75, 3.05) is 7.11 Å². The van der Waals surface area contributed by atoms with E-state index in [-0.39, 0.29) is 41.7 Å². The van der Waals surface area contributed by atoms with Crippen LogP contribution >= 0.6 is 11.3 Å². The minimum absolute atomic E-state index is 0.0447. The highest BCUT2D eigenvalue weighted by Crippen LogP contribution is 2.60. The lowest BCUT2D eigenvalue weighted by molar-refractivity contribution is -0.720. The first-order valence-corrected chi connectivity index (χ1v) is 14.1. The second-order valence-corrected chi connectivity index (χ2v) is 12.3. The van der Waals surface area contributed by atoms with Crippen molar-refractivity contribution in [3.8, 4) is 0 Å². The summed E-state index contributed by atoms with van der Waals surface area (Å²) in [4.78, 5) is 14.4. The molecule has 1 aromatic heterocycles. The lowest BCUT2D eigenvalue weighted by Gasteiger charge is -2.48. The van der Waals surface area contributed by atoms with Gasteiger partial charge in [0.15, 0.2) is 6.10 Å².